The van der Waals surface area contributed by atoms with Crippen LogP contribution in [0.3, 0.4) is 0 Å². The van der Waals surface area contributed by atoms with E-state index in [0.717, 1.165) is 29.9 Å². The van der Waals surface area contributed by atoms with Gasteiger partial charge >= 0.3 is 0 Å². The van der Waals surface area contributed by atoms with Crippen molar-refractivity contribution >= 4 is 46.0 Å². The van der Waals surface area contributed by atoms with Gasteiger partial charge < -0.3 is 4.90 Å². The van der Waals surface area contributed by atoms with Crippen LogP contribution in [0.5, 0.6) is 0 Å². The van der Waals surface area contributed by atoms with Gasteiger partial charge in [0.1, 0.15) is 0 Å². The molecule has 1 aliphatic rings. The van der Waals surface area contributed by atoms with Gasteiger partial charge in [0.05, 0.1) is 23.1 Å². The molecule has 0 bridgehead atoms. The summed E-state index contributed by atoms with van der Waals surface area (Å²) in [4.78, 5) is 2.29. The predicted molar refractivity (Wildman–Crippen MR) is 128 cm³/mol. The molecular formula is C25H28Cl2N3+. The van der Waals surface area contributed by atoms with E-state index in [9.17, 15) is 0 Å². The van der Waals surface area contributed by atoms with Crippen LogP contribution in [-0.2, 0) is 18.5 Å². The van der Waals surface area contributed by atoms with E-state index in [0.29, 0.717) is 10.0 Å². The maximum atomic E-state index is 6.32. The summed E-state index contributed by atoms with van der Waals surface area (Å²) < 4.78 is 4.57. The molecule has 4 rings (SSSR count). The molecule has 0 fully saturated rings. The molecule has 5 heteroatoms. The number of para-hydroxylation sites is 1. The quantitative estimate of drug-likeness (QED) is 0.416. The highest BCUT2D eigenvalue weighted by molar-refractivity contribution is 6.42. The smallest absolute Gasteiger partial charge is 0.282 e. The average molecular weight is 441 g/mol. The van der Waals surface area contributed by atoms with E-state index >= 15 is 0 Å². The second-order valence-electron chi connectivity index (χ2n) is 8.21. The highest BCUT2D eigenvalue weighted by Crippen LogP contribution is 2.46. The Morgan fingerprint density at radius 3 is 2.43 bits per heavy atom. The largest absolute Gasteiger partial charge is 0.347 e. The molecule has 3 aromatic rings. The Balaban J connectivity index is 1.80. The first-order chi connectivity index (χ1) is 14.3. The molecule has 0 spiro atoms. The van der Waals surface area contributed by atoms with E-state index in [-0.39, 0.29) is 5.41 Å². The van der Waals surface area contributed by atoms with Gasteiger partial charge in [0, 0.05) is 42.1 Å². The molecule has 0 saturated carbocycles. The van der Waals surface area contributed by atoms with Gasteiger partial charge in [-0.15, -0.1) is 0 Å². The minimum Gasteiger partial charge on any atom is -0.347 e. The van der Waals surface area contributed by atoms with Crippen LogP contribution < -0.4 is 9.47 Å². The summed E-state index contributed by atoms with van der Waals surface area (Å²) in [5.74, 6) is 1.14. The number of benzene rings is 2. The van der Waals surface area contributed by atoms with Gasteiger partial charge in [-0.05, 0) is 31.6 Å². The maximum Gasteiger partial charge on any atom is 0.282 e. The Bertz CT molecular complexity index is 1140. The average Bonchev–Trinajstić information content (AvgIpc) is 3.11. The maximum absolute atomic E-state index is 6.32. The lowest BCUT2D eigenvalue weighted by Crippen LogP contribution is -2.35. The van der Waals surface area contributed by atoms with Crippen LogP contribution in [0.15, 0.2) is 54.2 Å². The lowest BCUT2D eigenvalue weighted by Gasteiger charge is -2.23. The molecule has 0 radical (unpaired) electrons. The highest BCUT2D eigenvalue weighted by Gasteiger charge is 2.37. The number of anilines is 1. The fourth-order valence-corrected chi connectivity index (χ4v) is 5.04. The van der Waals surface area contributed by atoms with E-state index in [1.54, 1.807) is 0 Å². The number of imidazole rings is 1. The minimum atomic E-state index is -0.0328. The fourth-order valence-electron chi connectivity index (χ4n) is 4.72. The Morgan fingerprint density at radius 2 is 1.77 bits per heavy atom. The first kappa shape index (κ1) is 21.0. The third-order valence-electron chi connectivity index (χ3n) is 6.22. The number of nitrogens with zero attached hydrogens (tertiary/aromatic N) is 3. The Labute approximate surface area is 188 Å². The highest BCUT2D eigenvalue weighted by atomic mass is 35.5. The molecule has 156 valence electrons. The Morgan fingerprint density at radius 1 is 1.07 bits per heavy atom. The molecule has 0 atom stereocenters. The van der Waals surface area contributed by atoms with E-state index < -0.39 is 0 Å². The zero-order valence-electron chi connectivity index (χ0n) is 18.2. The van der Waals surface area contributed by atoms with E-state index in [1.165, 1.54) is 16.9 Å². The molecule has 0 aliphatic carbocycles. The molecule has 0 unspecified atom stereocenters. The van der Waals surface area contributed by atoms with Crippen LogP contribution in [0.2, 0.25) is 10.0 Å². The molecule has 30 heavy (non-hydrogen) atoms. The number of rotatable bonds is 4. The van der Waals surface area contributed by atoms with E-state index in [1.807, 2.05) is 12.1 Å². The molecular weight excluding hydrogens is 413 g/mol. The fraction of sp³-hybridized carbons (Fsp3) is 0.320. The van der Waals surface area contributed by atoms with Crippen LogP contribution in [0.1, 0.15) is 39.1 Å². The SMILES string of the molecule is CCn1c(/C=C/C=C2/N(C)c3ccccc3C2(C)C)[n+](CC)c2cc(Cl)c(Cl)cc21. The summed E-state index contributed by atoms with van der Waals surface area (Å²) >= 11 is 12.6. The lowest BCUT2D eigenvalue weighted by molar-refractivity contribution is -0.670. The number of hydrogen-bond acceptors (Lipinski definition) is 1. The van der Waals surface area contributed by atoms with Gasteiger partial charge in [-0.1, -0.05) is 61.3 Å². The van der Waals surface area contributed by atoms with Crippen molar-refractivity contribution in [1.29, 1.82) is 0 Å². The molecule has 2 aromatic carbocycles. The molecule has 0 amide bonds. The van der Waals surface area contributed by atoms with Crippen LogP contribution >= 0.6 is 23.2 Å². The summed E-state index contributed by atoms with van der Waals surface area (Å²) in [6, 6.07) is 12.6. The molecule has 0 N–H and O–H groups in total. The number of halogens is 2. The van der Waals surface area contributed by atoms with E-state index in [4.69, 9.17) is 23.2 Å². The number of fused-ring (bicyclic) bond motifs is 2. The van der Waals surface area contributed by atoms with E-state index in [2.05, 4.69) is 91.3 Å². The van der Waals surface area contributed by atoms with Crippen molar-refractivity contribution in [3.8, 4) is 0 Å². The van der Waals surface area contributed by atoms with Crippen LogP contribution in [0.25, 0.3) is 17.1 Å². The second kappa shape index (κ2) is 7.79. The van der Waals surface area contributed by atoms with Gasteiger partial charge in [-0.2, -0.15) is 0 Å². The number of hydrogen-bond donors (Lipinski definition) is 0. The van der Waals surface area contributed by atoms with Crippen molar-refractivity contribution in [3.05, 3.63) is 75.7 Å². The van der Waals surface area contributed by atoms with Crippen molar-refractivity contribution in [2.24, 2.45) is 0 Å². The summed E-state index contributed by atoms with van der Waals surface area (Å²) in [6.07, 6.45) is 6.58. The molecule has 1 aromatic heterocycles. The van der Waals surface area contributed by atoms with Gasteiger partial charge in [0.15, 0.2) is 11.0 Å². The van der Waals surface area contributed by atoms with Gasteiger partial charge in [0.25, 0.3) is 5.82 Å². The summed E-state index contributed by atoms with van der Waals surface area (Å²) in [7, 11) is 2.15. The first-order valence-corrected chi connectivity index (χ1v) is 11.2. The van der Waals surface area contributed by atoms with Gasteiger partial charge in [0.2, 0.25) is 0 Å². The number of likely N-dealkylation sites (N-methyl/N-ethyl adjacent to an activating group) is 1. The summed E-state index contributed by atoms with van der Waals surface area (Å²) in [5.41, 5.74) is 6.10. The number of aryl methyl sites for hydroxylation is 2. The van der Waals surface area contributed by atoms with Crippen LogP contribution in [0.4, 0.5) is 5.69 Å². The van der Waals surface area contributed by atoms with Crippen molar-refractivity contribution in [2.45, 2.75) is 46.2 Å². The zero-order valence-corrected chi connectivity index (χ0v) is 19.7. The second-order valence-corrected chi connectivity index (χ2v) is 9.03. The minimum absolute atomic E-state index is 0.0328. The normalized spacial score (nSPS) is 16.9. The Hall–Kier alpha value is -2.23. The third kappa shape index (κ3) is 3.16. The zero-order chi connectivity index (χ0) is 21.6. The topological polar surface area (TPSA) is 12.1 Å². The van der Waals surface area contributed by atoms with Crippen molar-refractivity contribution in [3.63, 3.8) is 0 Å². The van der Waals surface area contributed by atoms with Crippen molar-refractivity contribution in [2.75, 3.05) is 11.9 Å². The summed E-state index contributed by atoms with van der Waals surface area (Å²) in [6.45, 7) is 10.6. The van der Waals surface area contributed by atoms with Crippen LogP contribution in [-0.4, -0.2) is 11.6 Å². The standard InChI is InChI=1S/C25H28Cl2N3/c1-6-29-21-15-18(26)19(27)16-22(21)30(7-2)24(29)14-10-13-23-25(3,4)17-11-8-9-12-20(17)28(23)5/h8-16H,6-7H2,1-5H3/q+1. The number of allylic oxidation sites excluding steroid dienone is 3. The monoisotopic (exact) mass is 440 g/mol. The van der Waals surface area contributed by atoms with Crippen molar-refractivity contribution in [1.82, 2.24) is 4.57 Å². The number of aromatic nitrogens is 2. The Kier molecular flexibility index (Phi) is 5.46. The molecule has 1 aliphatic heterocycles. The molecule has 3 nitrogen and oxygen atoms in total. The third-order valence-corrected chi connectivity index (χ3v) is 6.95. The van der Waals surface area contributed by atoms with Gasteiger partial charge in [-0.3, -0.25) is 0 Å². The first-order valence-electron chi connectivity index (χ1n) is 10.4. The summed E-state index contributed by atoms with van der Waals surface area (Å²) in [5, 5.41) is 1.17. The predicted octanol–water partition coefficient (Wildman–Crippen LogP) is 6.60. The van der Waals surface area contributed by atoms with Crippen LogP contribution in [0, 0.1) is 0 Å². The van der Waals surface area contributed by atoms with Crippen molar-refractivity contribution < 1.29 is 4.57 Å². The molecule has 0 saturated heterocycles. The molecule has 2 heterocycles. The lowest BCUT2D eigenvalue weighted by atomic mass is 9.84. The van der Waals surface area contributed by atoms with Gasteiger partial charge in [-0.25, -0.2) is 9.13 Å².